The Morgan fingerprint density at radius 2 is 1.75 bits per heavy atom. The van der Waals surface area contributed by atoms with Crippen molar-refractivity contribution in [3.05, 3.63) is 0 Å². The van der Waals surface area contributed by atoms with Gasteiger partial charge in [-0.2, -0.15) is 0 Å². The van der Waals surface area contributed by atoms with E-state index in [0.717, 1.165) is 25.7 Å². The lowest BCUT2D eigenvalue weighted by molar-refractivity contribution is -0.150. The SMILES string of the molecule is CC(C)C(CN)C(=O)NCC1(C(=O)O)CCCCCC1. The summed E-state index contributed by atoms with van der Waals surface area (Å²) in [4.78, 5) is 23.8. The van der Waals surface area contributed by atoms with Crippen LogP contribution in [0.2, 0.25) is 0 Å². The van der Waals surface area contributed by atoms with Gasteiger partial charge < -0.3 is 16.2 Å². The highest BCUT2D eigenvalue weighted by molar-refractivity contribution is 5.81. The lowest BCUT2D eigenvalue weighted by atomic mass is 9.80. The van der Waals surface area contributed by atoms with Crippen LogP contribution in [0.3, 0.4) is 0 Å². The molecular formula is C15H28N2O3. The molecule has 0 bridgehead atoms. The molecule has 0 aliphatic heterocycles. The van der Waals surface area contributed by atoms with E-state index in [2.05, 4.69) is 5.32 Å². The molecule has 0 spiro atoms. The fourth-order valence-corrected chi connectivity index (χ4v) is 2.94. The minimum absolute atomic E-state index is 0.118. The van der Waals surface area contributed by atoms with Gasteiger partial charge in [0.2, 0.25) is 5.91 Å². The molecule has 4 N–H and O–H groups in total. The Hall–Kier alpha value is -1.10. The number of hydrogen-bond donors (Lipinski definition) is 3. The number of carbonyl (C=O) groups is 2. The second-order valence-corrected chi connectivity index (χ2v) is 6.30. The summed E-state index contributed by atoms with van der Waals surface area (Å²) in [6.45, 7) is 4.43. The number of hydrogen-bond acceptors (Lipinski definition) is 3. The number of carbonyl (C=O) groups excluding carboxylic acids is 1. The lowest BCUT2D eigenvalue weighted by Gasteiger charge is -2.29. The highest BCUT2D eigenvalue weighted by Gasteiger charge is 2.39. The van der Waals surface area contributed by atoms with Gasteiger partial charge in [0.25, 0.3) is 0 Å². The zero-order chi connectivity index (χ0) is 15.2. The van der Waals surface area contributed by atoms with Crippen molar-refractivity contribution < 1.29 is 14.7 Å². The van der Waals surface area contributed by atoms with Gasteiger partial charge in [0, 0.05) is 13.1 Å². The number of rotatable bonds is 6. The van der Waals surface area contributed by atoms with Crippen LogP contribution in [0.1, 0.15) is 52.4 Å². The molecule has 0 aromatic carbocycles. The zero-order valence-corrected chi connectivity index (χ0v) is 12.7. The fourth-order valence-electron chi connectivity index (χ4n) is 2.94. The predicted octanol–water partition coefficient (Wildman–Crippen LogP) is 1.76. The minimum Gasteiger partial charge on any atom is -0.481 e. The number of aliphatic carboxylic acids is 1. The van der Waals surface area contributed by atoms with Crippen LogP contribution in [0.4, 0.5) is 0 Å². The molecule has 1 aliphatic carbocycles. The van der Waals surface area contributed by atoms with Crippen LogP contribution < -0.4 is 11.1 Å². The van der Waals surface area contributed by atoms with Crippen LogP contribution in [0.15, 0.2) is 0 Å². The van der Waals surface area contributed by atoms with Gasteiger partial charge >= 0.3 is 5.97 Å². The smallest absolute Gasteiger partial charge is 0.311 e. The molecule has 1 rings (SSSR count). The Bertz CT molecular complexity index is 334. The molecule has 20 heavy (non-hydrogen) atoms. The maximum absolute atomic E-state index is 12.1. The second kappa shape index (κ2) is 7.62. The Balaban J connectivity index is 2.67. The van der Waals surface area contributed by atoms with Crippen molar-refractivity contribution in [2.75, 3.05) is 13.1 Å². The van der Waals surface area contributed by atoms with Crippen LogP contribution in [-0.4, -0.2) is 30.1 Å². The Morgan fingerprint density at radius 3 is 2.15 bits per heavy atom. The van der Waals surface area contributed by atoms with Crippen molar-refractivity contribution in [3.8, 4) is 0 Å². The molecule has 1 fully saturated rings. The van der Waals surface area contributed by atoms with Gasteiger partial charge in [-0.15, -0.1) is 0 Å². The first-order valence-electron chi connectivity index (χ1n) is 7.64. The lowest BCUT2D eigenvalue weighted by Crippen LogP contribution is -2.46. The number of nitrogens with one attached hydrogen (secondary N) is 1. The van der Waals surface area contributed by atoms with Crippen LogP contribution in [-0.2, 0) is 9.59 Å². The summed E-state index contributed by atoms with van der Waals surface area (Å²) in [5.41, 5.74) is 4.83. The van der Waals surface area contributed by atoms with E-state index in [1.54, 1.807) is 0 Å². The van der Waals surface area contributed by atoms with Gasteiger partial charge in [-0.1, -0.05) is 39.5 Å². The largest absolute Gasteiger partial charge is 0.481 e. The number of nitrogens with two attached hydrogens (primary N) is 1. The Kier molecular flexibility index (Phi) is 6.46. The molecule has 1 saturated carbocycles. The minimum atomic E-state index is -0.789. The van der Waals surface area contributed by atoms with E-state index >= 15 is 0 Å². The maximum atomic E-state index is 12.1. The topological polar surface area (TPSA) is 92.4 Å². The van der Waals surface area contributed by atoms with E-state index in [-0.39, 0.29) is 24.3 Å². The quantitative estimate of drug-likeness (QED) is 0.648. The summed E-state index contributed by atoms with van der Waals surface area (Å²) >= 11 is 0. The zero-order valence-electron chi connectivity index (χ0n) is 12.7. The van der Waals surface area contributed by atoms with Gasteiger partial charge in [-0.25, -0.2) is 0 Å². The van der Waals surface area contributed by atoms with E-state index < -0.39 is 11.4 Å². The highest BCUT2D eigenvalue weighted by Crippen LogP contribution is 2.35. The summed E-state index contributed by atoms with van der Waals surface area (Å²) in [6, 6.07) is 0. The molecule has 1 unspecified atom stereocenters. The van der Waals surface area contributed by atoms with Crippen LogP contribution >= 0.6 is 0 Å². The highest BCUT2D eigenvalue weighted by atomic mass is 16.4. The molecule has 1 aliphatic rings. The van der Waals surface area contributed by atoms with Gasteiger partial charge in [0.15, 0.2) is 0 Å². The van der Waals surface area contributed by atoms with Crippen molar-refractivity contribution in [2.45, 2.75) is 52.4 Å². The number of carboxylic acid groups (broad SMARTS) is 1. The van der Waals surface area contributed by atoms with Gasteiger partial charge in [0.05, 0.1) is 11.3 Å². The molecule has 116 valence electrons. The van der Waals surface area contributed by atoms with E-state index in [1.807, 2.05) is 13.8 Å². The van der Waals surface area contributed by atoms with E-state index in [0.29, 0.717) is 19.4 Å². The fraction of sp³-hybridized carbons (Fsp3) is 0.867. The van der Waals surface area contributed by atoms with Gasteiger partial charge in [-0.3, -0.25) is 9.59 Å². The Labute approximate surface area is 121 Å². The van der Waals surface area contributed by atoms with Crippen molar-refractivity contribution in [1.82, 2.24) is 5.32 Å². The Morgan fingerprint density at radius 1 is 1.20 bits per heavy atom. The average molecular weight is 284 g/mol. The third-order valence-corrected chi connectivity index (χ3v) is 4.51. The van der Waals surface area contributed by atoms with Crippen molar-refractivity contribution >= 4 is 11.9 Å². The molecule has 1 atom stereocenters. The predicted molar refractivity (Wildman–Crippen MR) is 78.2 cm³/mol. The third kappa shape index (κ3) is 4.20. The first-order valence-corrected chi connectivity index (χ1v) is 7.64. The van der Waals surface area contributed by atoms with Crippen molar-refractivity contribution in [1.29, 1.82) is 0 Å². The average Bonchev–Trinajstić information content (AvgIpc) is 2.63. The standard InChI is InChI=1S/C15H28N2O3/c1-11(2)12(9-16)13(18)17-10-15(14(19)20)7-5-3-4-6-8-15/h11-12H,3-10,16H2,1-2H3,(H,17,18)(H,19,20). The summed E-state index contributed by atoms with van der Waals surface area (Å²) in [5.74, 6) is -0.984. The molecule has 0 aromatic rings. The van der Waals surface area contributed by atoms with E-state index in [1.165, 1.54) is 0 Å². The normalized spacial score (nSPS) is 20.2. The molecule has 0 aromatic heterocycles. The summed E-state index contributed by atoms with van der Waals surface area (Å²) in [5, 5.41) is 12.4. The van der Waals surface area contributed by atoms with E-state index in [4.69, 9.17) is 5.73 Å². The first kappa shape index (κ1) is 17.0. The van der Waals surface area contributed by atoms with Crippen LogP contribution in [0, 0.1) is 17.3 Å². The maximum Gasteiger partial charge on any atom is 0.311 e. The molecule has 1 amide bonds. The molecule has 0 radical (unpaired) electrons. The number of carboxylic acids is 1. The molecule has 0 saturated heterocycles. The third-order valence-electron chi connectivity index (χ3n) is 4.51. The molecular weight excluding hydrogens is 256 g/mol. The first-order chi connectivity index (χ1) is 9.43. The molecule has 5 heteroatoms. The van der Waals surface area contributed by atoms with Gasteiger partial charge in [0.1, 0.15) is 0 Å². The molecule has 5 nitrogen and oxygen atoms in total. The van der Waals surface area contributed by atoms with Gasteiger partial charge in [-0.05, 0) is 18.8 Å². The number of amides is 1. The van der Waals surface area contributed by atoms with E-state index in [9.17, 15) is 14.7 Å². The summed E-state index contributed by atoms with van der Waals surface area (Å²) in [6.07, 6.45) is 5.31. The summed E-state index contributed by atoms with van der Waals surface area (Å²) < 4.78 is 0. The van der Waals surface area contributed by atoms with Crippen molar-refractivity contribution in [2.24, 2.45) is 23.0 Å². The molecule has 0 heterocycles. The van der Waals surface area contributed by atoms with Crippen molar-refractivity contribution in [3.63, 3.8) is 0 Å². The van der Waals surface area contributed by atoms with Crippen LogP contribution in [0.5, 0.6) is 0 Å². The van der Waals surface area contributed by atoms with Crippen LogP contribution in [0.25, 0.3) is 0 Å². The summed E-state index contributed by atoms with van der Waals surface area (Å²) in [7, 11) is 0. The second-order valence-electron chi connectivity index (χ2n) is 6.30. The monoisotopic (exact) mass is 284 g/mol.